The van der Waals surface area contributed by atoms with Crippen molar-refractivity contribution in [3.63, 3.8) is 0 Å². The van der Waals surface area contributed by atoms with Gasteiger partial charge in [-0.1, -0.05) is 17.3 Å². The highest BCUT2D eigenvalue weighted by molar-refractivity contribution is 5.89. The van der Waals surface area contributed by atoms with Gasteiger partial charge in [0, 0.05) is 29.7 Å². The minimum atomic E-state index is 0.731. The molecular weight excluding hydrogens is 226 g/mol. The lowest BCUT2D eigenvalue weighted by atomic mass is 10.1. The predicted octanol–water partition coefficient (Wildman–Crippen LogP) is 1.53. The Morgan fingerprint density at radius 1 is 1.22 bits per heavy atom. The fraction of sp³-hybridized carbons (Fsp3) is 0.154. The predicted molar refractivity (Wildman–Crippen MR) is 69.4 cm³/mol. The van der Waals surface area contributed by atoms with Gasteiger partial charge in [-0.05, 0) is 19.2 Å². The van der Waals surface area contributed by atoms with E-state index in [-0.39, 0.29) is 0 Å². The quantitative estimate of drug-likeness (QED) is 0.753. The maximum absolute atomic E-state index is 4.16. The molecule has 0 aliphatic carbocycles. The smallest absolute Gasteiger partial charge is 0.0783 e. The summed E-state index contributed by atoms with van der Waals surface area (Å²) < 4.78 is 1.86. The van der Waals surface area contributed by atoms with Gasteiger partial charge >= 0.3 is 0 Å². The minimum absolute atomic E-state index is 0.731. The van der Waals surface area contributed by atoms with E-state index >= 15 is 0 Å². The topological polar surface area (TPSA) is 55.6 Å². The molecule has 0 aliphatic heterocycles. The number of benzene rings is 1. The van der Waals surface area contributed by atoms with Gasteiger partial charge < -0.3 is 5.32 Å². The van der Waals surface area contributed by atoms with Crippen molar-refractivity contribution in [2.75, 3.05) is 7.05 Å². The molecule has 1 aromatic carbocycles. The summed E-state index contributed by atoms with van der Waals surface area (Å²) in [5, 5.41) is 13.5. The lowest BCUT2D eigenvalue weighted by Crippen LogP contribution is -2.11. The largest absolute Gasteiger partial charge is 0.314 e. The summed E-state index contributed by atoms with van der Waals surface area (Å²) in [4.78, 5) is 4.14. The molecule has 2 aromatic heterocycles. The molecule has 0 radical (unpaired) electrons. The van der Waals surface area contributed by atoms with Gasteiger partial charge in [-0.3, -0.25) is 4.98 Å². The molecule has 5 heteroatoms. The molecule has 0 amide bonds. The number of pyridine rings is 1. The molecule has 0 bridgehead atoms. The molecule has 0 atom stereocenters. The summed E-state index contributed by atoms with van der Waals surface area (Å²) in [5.74, 6) is 0. The molecule has 0 aliphatic rings. The Morgan fingerprint density at radius 2 is 2.17 bits per heavy atom. The second-order valence-corrected chi connectivity index (χ2v) is 4.04. The zero-order valence-electron chi connectivity index (χ0n) is 10.0. The zero-order chi connectivity index (χ0) is 12.4. The molecule has 5 nitrogen and oxygen atoms in total. The van der Waals surface area contributed by atoms with Crippen LogP contribution in [0.2, 0.25) is 0 Å². The van der Waals surface area contributed by atoms with E-state index in [0.717, 1.165) is 28.7 Å². The standard InChI is InChI=1S/C13H13N5/c1-14-8-11-9-16-17-18(11)13-4-2-3-10-7-15-6-5-12(10)13/h2-7,9,14H,8H2,1H3. The molecule has 90 valence electrons. The average molecular weight is 239 g/mol. The van der Waals surface area contributed by atoms with Gasteiger partial charge in [0.2, 0.25) is 0 Å². The Hall–Kier alpha value is -2.27. The first-order chi connectivity index (χ1) is 8.90. The van der Waals surface area contributed by atoms with Crippen LogP contribution in [-0.4, -0.2) is 27.0 Å². The third-order valence-corrected chi connectivity index (χ3v) is 2.86. The number of fused-ring (bicyclic) bond motifs is 1. The normalized spacial score (nSPS) is 10.9. The highest BCUT2D eigenvalue weighted by Crippen LogP contribution is 2.21. The Morgan fingerprint density at radius 3 is 3.06 bits per heavy atom. The summed E-state index contributed by atoms with van der Waals surface area (Å²) in [6.07, 6.45) is 5.42. The number of nitrogens with one attached hydrogen (secondary N) is 1. The van der Waals surface area contributed by atoms with Crippen LogP contribution in [0.1, 0.15) is 5.69 Å². The maximum Gasteiger partial charge on any atom is 0.0783 e. The third-order valence-electron chi connectivity index (χ3n) is 2.86. The van der Waals surface area contributed by atoms with Gasteiger partial charge in [0.15, 0.2) is 0 Å². The number of rotatable bonds is 3. The van der Waals surface area contributed by atoms with Crippen LogP contribution < -0.4 is 5.32 Å². The Kier molecular flexibility index (Phi) is 2.74. The first-order valence-electron chi connectivity index (χ1n) is 5.77. The highest BCUT2D eigenvalue weighted by Gasteiger charge is 2.08. The molecule has 18 heavy (non-hydrogen) atoms. The van der Waals surface area contributed by atoms with Crippen LogP contribution in [0.4, 0.5) is 0 Å². The molecular formula is C13H13N5. The molecule has 3 rings (SSSR count). The van der Waals surface area contributed by atoms with Gasteiger partial charge in [-0.2, -0.15) is 0 Å². The van der Waals surface area contributed by atoms with Crippen molar-refractivity contribution < 1.29 is 0 Å². The monoisotopic (exact) mass is 239 g/mol. The SMILES string of the molecule is CNCc1cnnn1-c1cccc2cnccc12. The van der Waals surface area contributed by atoms with E-state index in [9.17, 15) is 0 Å². The fourth-order valence-corrected chi connectivity index (χ4v) is 2.05. The lowest BCUT2D eigenvalue weighted by Gasteiger charge is -2.08. The van der Waals surface area contributed by atoms with Crippen molar-refractivity contribution in [3.05, 3.63) is 48.5 Å². The molecule has 0 spiro atoms. The van der Waals surface area contributed by atoms with Crippen molar-refractivity contribution in [2.45, 2.75) is 6.54 Å². The van der Waals surface area contributed by atoms with Crippen LogP contribution >= 0.6 is 0 Å². The third kappa shape index (κ3) is 1.74. The van der Waals surface area contributed by atoms with Crippen molar-refractivity contribution in [1.29, 1.82) is 0 Å². The van der Waals surface area contributed by atoms with E-state index in [1.807, 2.05) is 42.2 Å². The number of hydrogen-bond donors (Lipinski definition) is 1. The Balaban J connectivity index is 2.22. The van der Waals surface area contributed by atoms with Crippen LogP contribution in [-0.2, 0) is 6.54 Å². The first kappa shape index (κ1) is 10.9. The second-order valence-electron chi connectivity index (χ2n) is 4.04. The number of hydrogen-bond acceptors (Lipinski definition) is 4. The lowest BCUT2D eigenvalue weighted by molar-refractivity contribution is 0.717. The van der Waals surface area contributed by atoms with E-state index in [2.05, 4.69) is 20.6 Å². The molecule has 3 aromatic rings. The van der Waals surface area contributed by atoms with Gasteiger partial charge in [-0.15, -0.1) is 5.10 Å². The summed E-state index contributed by atoms with van der Waals surface area (Å²) in [5.41, 5.74) is 2.06. The van der Waals surface area contributed by atoms with Crippen LogP contribution in [0, 0.1) is 0 Å². The molecule has 0 saturated heterocycles. The van der Waals surface area contributed by atoms with E-state index in [1.54, 1.807) is 12.4 Å². The van der Waals surface area contributed by atoms with Crippen LogP contribution in [0.5, 0.6) is 0 Å². The van der Waals surface area contributed by atoms with E-state index < -0.39 is 0 Å². The average Bonchev–Trinajstić information content (AvgIpc) is 2.87. The second kappa shape index (κ2) is 4.54. The summed E-state index contributed by atoms with van der Waals surface area (Å²) in [6.45, 7) is 0.731. The molecule has 0 fully saturated rings. The molecule has 0 saturated carbocycles. The number of aromatic nitrogens is 4. The van der Waals surface area contributed by atoms with Crippen LogP contribution in [0.3, 0.4) is 0 Å². The van der Waals surface area contributed by atoms with E-state index in [0.29, 0.717) is 0 Å². The van der Waals surface area contributed by atoms with Crippen molar-refractivity contribution in [2.24, 2.45) is 0 Å². The Bertz CT molecular complexity index is 668. The van der Waals surface area contributed by atoms with Gasteiger partial charge in [-0.25, -0.2) is 4.68 Å². The molecule has 0 unspecified atom stereocenters. The summed E-state index contributed by atoms with van der Waals surface area (Å²) >= 11 is 0. The molecule has 1 N–H and O–H groups in total. The van der Waals surface area contributed by atoms with E-state index in [1.165, 1.54) is 0 Å². The van der Waals surface area contributed by atoms with Crippen molar-refractivity contribution in [3.8, 4) is 5.69 Å². The van der Waals surface area contributed by atoms with Gasteiger partial charge in [0.1, 0.15) is 0 Å². The van der Waals surface area contributed by atoms with Crippen LogP contribution in [0.15, 0.2) is 42.9 Å². The van der Waals surface area contributed by atoms with Gasteiger partial charge in [0.05, 0.1) is 17.6 Å². The highest BCUT2D eigenvalue weighted by atomic mass is 15.4. The summed E-state index contributed by atoms with van der Waals surface area (Å²) in [7, 11) is 1.91. The zero-order valence-corrected chi connectivity index (χ0v) is 10.0. The minimum Gasteiger partial charge on any atom is -0.314 e. The van der Waals surface area contributed by atoms with Crippen molar-refractivity contribution >= 4 is 10.8 Å². The number of nitrogens with zero attached hydrogens (tertiary/aromatic N) is 4. The maximum atomic E-state index is 4.16. The van der Waals surface area contributed by atoms with Crippen LogP contribution in [0.25, 0.3) is 16.5 Å². The fourth-order valence-electron chi connectivity index (χ4n) is 2.05. The molecule has 2 heterocycles. The first-order valence-corrected chi connectivity index (χ1v) is 5.77. The van der Waals surface area contributed by atoms with Crippen molar-refractivity contribution in [1.82, 2.24) is 25.3 Å². The summed E-state index contributed by atoms with van der Waals surface area (Å²) in [6, 6.07) is 8.08. The Labute approximate surface area is 104 Å². The van der Waals surface area contributed by atoms with E-state index in [4.69, 9.17) is 0 Å². The van der Waals surface area contributed by atoms with Gasteiger partial charge in [0.25, 0.3) is 0 Å².